The summed E-state index contributed by atoms with van der Waals surface area (Å²) in [7, 11) is 0. The van der Waals surface area contributed by atoms with Crippen molar-refractivity contribution in [2.45, 2.75) is 20.8 Å². The van der Waals surface area contributed by atoms with E-state index in [1.54, 1.807) is 18.3 Å². The third kappa shape index (κ3) is 3.10. The van der Waals surface area contributed by atoms with Gasteiger partial charge in [-0.15, -0.1) is 0 Å². The van der Waals surface area contributed by atoms with E-state index in [0.29, 0.717) is 10.4 Å². The molecule has 1 aromatic rings. The summed E-state index contributed by atoms with van der Waals surface area (Å²) < 4.78 is 5.80. The summed E-state index contributed by atoms with van der Waals surface area (Å²) in [5.74, 6) is 0.252. The molecular formula is C10H12BrNO2. The summed E-state index contributed by atoms with van der Waals surface area (Å²) in [6.45, 7) is 5.43. The van der Waals surface area contributed by atoms with Crippen LogP contribution in [0.2, 0.25) is 0 Å². The van der Waals surface area contributed by atoms with Gasteiger partial charge in [-0.1, -0.05) is 0 Å². The molecule has 0 aromatic carbocycles. The van der Waals surface area contributed by atoms with Gasteiger partial charge in [-0.05, 0) is 42.8 Å². The maximum absolute atomic E-state index is 11.5. The fourth-order valence-corrected chi connectivity index (χ4v) is 1.05. The minimum atomic E-state index is -0.490. The third-order valence-electron chi connectivity index (χ3n) is 1.52. The Morgan fingerprint density at radius 2 is 2.14 bits per heavy atom. The summed E-state index contributed by atoms with van der Waals surface area (Å²) in [6, 6.07) is 3.30. The summed E-state index contributed by atoms with van der Waals surface area (Å²) in [4.78, 5) is 15.4. The van der Waals surface area contributed by atoms with E-state index in [4.69, 9.17) is 4.74 Å². The molecule has 1 rings (SSSR count). The molecule has 0 aliphatic heterocycles. The second-order valence-corrected chi connectivity index (χ2v) is 4.77. The highest BCUT2D eigenvalue weighted by Crippen LogP contribution is 2.20. The van der Waals surface area contributed by atoms with Gasteiger partial charge in [0, 0.05) is 12.3 Å². The minimum absolute atomic E-state index is 0.254. The van der Waals surface area contributed by atoms with Gasteiger partial charge in [0.2, 0.25) is 0 Å². The molecule has 76 valence electrons. The Kier molecular flexibility index (Phi) is 3.26. The summed E-state index contributed by atoms with van der Waals surface area (Å²) in [5, 5.41) is 0. The molecule has 4 heteroatoms. The van der Waals surface area contributed by atoms with Crippen molar-refractivity contribution < 1.29 is 9.53 Å². The van der Waals surface area contributed by atoms with Crippen molar-refractivity contribution in [3.05, 3.63) is 22.9 Å². The standard InChI is InChI=1S/C10H12BrNO2/c1-10(2,3)9(13)14-7-4-5-12-8(11)6-7/h4-6H,1-3H3. The molecule has 0 aliphatic rings. The molecule has 0 atom stereocenters. The van der Waals surface area contributed by atoms with Gasteiger partial charge in [0.1, 0.15) is 10.4 Å². The zero-order valence-electron chi connectivity index (χ0n) is 8.37. The van der Waals surface area contributed by atoms with Crippen molar-refractivity contribution in [3.8, 4) is 5.75 Å². The van der Waals surface area contributed by atoms with Gasteiger partial charge < -0.3 is 4.74 Å². The predicted octanol–water partition coefficient (Wildman–Crippen LogP) is 2.80. The number of pyridine rings is 1. The molecule has 0 spiro atoms. The molecule has 0 fully saturated rings. The first-order valence-corrected chi connectivity index (χ1v) is 5.03. The molecule has 0 aliphatic carbocycles. The quantitative estimate of drug-likeness (QED) is 0.574. The van der Waals surface area contributed by atoms with Crippen LogP contribution < -0.4 is 4.74 Å². The van der Waals surface area contributed by atoms with Crippen LogP contribution in [0.15, 0.2) is 22.9 Å². The molecule has 14 heavy (non-hydrogen) atoms. The monoisotopic (exact) mass is 257 g/mol. The van der Waals surface area contributed by atoms with E-state index in [1.807, 2.05) is 20.8 Å². The van der Waals surface area contributed by atoms with Gasteiger partial charge in [-0.2, -0.15) is 0 Å². The molecule has 0 unspecified atom stereocenters. The number of hydrogen-bond acceptors (Lipinski definition) is 3. The Bertz CT molecular complexity index is 344. The molecule has 1 heterocycles. The first-order chi connectivity index (χ1) is 6.39. The van der Waals surface area contributed by atoms with Gasteiger partial charge >= 0.3 is 5.97 Å². The van der Waals surface area contributed by atoms with E-state index in [0.717, 1.165) is 0 Å². The van der Waals surface area contributed by atoms with Crippen LogP contribution in [0.25, 0.3) is 0 Å². The first kappa shape index (κ1) is 11.2. The van der Waals surface area contributed by atoms with Crippen LogP contribution in [-0.4, -0.2) is 11.0 Å². The Balaban J connectivity index is 2.75. The lowest BCUT2D eigenvalue weighted by atomic mass is 9.97. The zero-order valence-corrected chi connectivity index (χ0v) is 9.96. The third-order valence-corrected chi connectivity index (χ3v) is 1.95. The Morgan fingerprint density at radius 3 is 2.64 bits per heavy atom. The lowest BCUT2D eigenvalue weighted by molar-refractivity contribution is -0.143. The topological polar surface area (TPSA) is 39.2 Å². The van der Waals surface area contributed by atoms with Crippen molar-refractivity contribution in [2.24, 2.45) is 5.41 Å². The van der Waals surface area contributed by atoms with Crippen molar-refractivity contribution in [1.82, 2.24) is 4.98 Å². The molecule has 0 N–H and O–H groups in total. The lowest BCUT2D eigenvalue weighted by Crippen LogP contribution is -2.25. The number of halogens is 1. The van der Waals surface area contributed by atoms with Crippen LogP contribution in [0, 0.1) is 5.41 Å². The van der Waals surface area contributed by atoms with E-state index in [9.17, 15) is 4.79 Å². The Labute approximate surface area is 91.6 Å². The minimum Gasteiger partial charge on any atom is -0.426 e. The molecular weight excluding hydrogens is 246 g/mol. The van der Waals surface area contributed by atoms with E-state index in [1.165, 1.54) is 0 Å². The molecule has 0 radical (unpaired) electrons. The van der Waals surface area contributed by atoms with Crippen molar-refractivity contribution in [3.63, 3.8) is 0 Å². The number of ether oxygens (including phenoxy) is 1. The summed E-state index contributed by atoms with van der Waals surface area (Å²) in [5.41, 5.74) is -0.490. The SMILES string of the molecule is CC(C)(C)C(=O)Oc1ccnc(Br)c1. The summed E-state index contributed by atoms with van der Waals surface area (Å²) in [6.07, 6.45) is 1.58. The van der Waals surface area contributed by atoms with Crippen LogP contribution >= 0.6 is 15.9 Å². The second kappa shape index (κ2) is 4.09. The number of nitrogens with zero attached hydrogens (tertiary/aromatic N) is 1. The van der Waals surface area contributed by atoms with Crippen LogP contribution in [0.5, 0.6) is 5.75 Å². The number of carbonyl (C=O) groups is 1. The molecule has 0 saturated heterocycles. The van der Waals surface area contributed by atoms with Crippen molar-refractivity contribution >= 4 is 21.9 Å². The zero-order chi connectivity index (χ0) is 10.8. The Hall–Kier alpha value is -0.900. The number of rotatable bonds is 1. The molecule has 1 aromatic heterocycles. The fourth-order valence-electron chi connectivity index (χ4n) is 0.708. The van der Waals surface area contributed by atoms with Crippen LogP contribution in [0.4, 0.5) is 0 Å². The number of hydrogen-bond donors (Lipinski definition) is 0. The average Bonchev–Trinajstić information content (AvgIpc) is 2.02. The maximum Gasteiger partial charge on any atom is 0.316 e. The molecule has 3 nitrogen and oxygen atoms in total. The highest BCUT2D eigenvalue weighted by Gasteiger charge is 2.23. The van der Waals surface area contributed by atoms with E-state index in [-0.39, 0.29) is 5.97 Å². The predicted molar refractivity (Wildman–Crippen MR) is 57.0 cm³/mol. The van der Waals surface area contributed by atoms with E-state index in [2.05, 4.69) is 20.9 Å². The first-order valence-electron chi connectivity index (χ1n) is 4.23. The lowest BCUT2D eigenvalue weighted by Gasteiger charge is -2.16. The maximum atomic E-state index is 11.5. The highest BCUT2D eigenvalue weighted by molar-refractivity contribution is 9.10. The molecule has 0 bridgehead atoms. The number of carbonyl (C=O) groups excluding carboxylic acids is 1. The van der Waals surface area contributed by atoms with Gasteiger partial charge in [0.05, 0.1) is 5.41 Å². The van der Waals surface area contributed by atoms with Gasteiger partial charge in [-0.25, -0.2) is 4.98 Å². The normalized spacial score (nSPS) is 11.1. The molecule has 0 amide bonds. The van der Waals surface area contributed by atoms with Crippen LogP contribution in [-0.2, 0) is 4.79 Å². The van der Waals surface area contributed by atoms with Gasteiger partial charge in [0.25, 0.3) is 0 Å². The van der Waals surface area contributed by atoms with Gasteiger partial charge in [-0.3, -0.25) is 4.79 Å². The fraction of sp³-hybridized carbons (Fsp3) is 0.400. The average molecular weight is 258 g/mol. The smallest absolute Gasteiger partial charge is 0.316 e. The second-order valence-electron chi connectivity index (χ2n) is 3.95. The molecule has 0 saturated carbocycles. The van der Waals surface area contributed by atoms with Crippen molar-refractivity contribution in [1.29, 1.82) is 0 Å². The number of aromatic nitrogens is 1. The Morgan fingerprint density at radius 1 is 1.50 bits per heavy atom. The van der Waals surface area contributed by atoms with Crippen LogP contribution in [0.1, 0.15) is 20.8 Å². The summed E-state index contributed by atoms with van der Waals surface area (Å²) >= 11 is 3.20. The largest absolute Gasteiger partial charge is 0.426 e. The van der Waals surface area contributed by atoms with E-state index < -0.39 is 5.41 Å². The number of esters is 1. The van der Waals surface area contributed by atoms with Crippen LogP contribution in [0.3, 0.4) is 0 Å². The van der Waals surface area contributed by atoms with E-state index >= 15 is 0 Å². The van der Waals surface area contributed by atoms with Gasteiger partial charge in [0.15, 0.2) is 0 Å². The van der Waals surface area contributed by atoms with Crippen molar-refractivity contribution in [2.75, 3.05) is 0 Å². The highest BCUT2D eigenvalue weighted by atomic mass is 79.9.